The lowest BCUT2D eigenvalue weighted by Gasteiger charge is -2.38. The summed E-state index contributed by atoms with van der Waals surface area (Å²) in [7, 11) is 1.75. The Hall–Kier alpha value is -0.770. The van der Waals surface area contributed by atoms with Crippen molar-refractivity contribution in [1.29, 1.82) is 0 Å². The fourth-order valence-corrected chi connectivity index (χ4v) is 2.90. The van der Waals surface area contributed by atoms with Crippen LogP contribution in [0.25, 0.3) is 0 Å². The van der Waals surface area contributed by atoms with E-state index in [9.17, 15) is 5.11 Å². The third-order valence-corrected chi connectivity index (χ3v) is 4.05. The zero-order valence-corrected chi connectivity index (χ0v) is 11.7. The minimum Gasteiger partial charge on any atom is -0.392 e. The molecule has 0 spiro atoms. The first-order chi connectivity index (χ1) is 8.67. The number of nitrogens with zero attached hydrogens (tertiary/aromatic N) is 1. The normalized spacial score (nSPS) is 24.3. The minimum atomic E-state index is 0.0135. The maximum Gasteiger partial charge on any atom is 0.0772 e. The predicted molar refractivity (Wildman–Crippen MR) is 74.2 cm³/mol. The average molecular weight is 270 g/mol. The number of para-hydroxylation sites is 1. The molecule has 100 valence electrons. The topological polar surface area (TPSA) is 32.7 Å². The number of methoxy groups -OCH3 is 1. The van der Waals surface area contributed by atoms with Crippen molar-refractivity contribution in [2.75, 3.05) is 25.1 Å². The van der Waals surface area contributed by atoms with E-state index in [-0.39, 0.29) is 12.7 Å². The Morgan fingerprint density at radius 2 is 2.28 bits per heavy atom. The first-order valence-electron chi connectivity index (χ1n) is 6.33. The first-order valence-corrected chi connectivity index (χ1v) is 6.71. The van der Waals surface area contributed by atoms with E-state index in [0.29, 0.717) is 10.9 Å². The molecule has 1 fully saturated rings. The van der Waals surface area contributed by atoms with E-state index >= 15 is 0 Å². The Kier molecular flexibility index (Phi) is 4.49. The molecule has 0 saturated carbocycles. The van der Waals surface area contributed by atoms with Crippen molar-refractivity contribution in [2.45, 2.75) is 26.1 Å². The molecule has 0 bridgehead atoms. The molecule has 4 heteroatoms. The highest BCUT2D eigenvalue weighted by Crippen LogP contribution is 2.33. The SMILES string of the molecule is COC1CN(c2c(Cl)cccc2CO)CCC1C. The standard InChI is InChI=1S/C14H20ClNO2/c1-10-6-7-16(8-13(10)18-2)14-11(9-17)4-3-5-12(14)15/h3-5,10,13,17H,6-9H2,1-2H3. The van der Waals surface area contributed by atoms with Crippen LogP contribution in [0.4, 0.5) is 5.69 Å². The number of hydrogen-bond donors (Lipinski definition) is 1. The number of ether oxygens (including phenoxy) is 1. The van der Waals surface area contributed by atoms with Crippen molar-refractivity contribution >= 4 is 17.3 Å². The highest BCUT2D eigenvalue weighted by molar-refractivity contribution is 6.33. The molecule has 1 aliphatic rings. The van der Waals surface area contributed by atoms with Crippen LogP contribution in [0, 0.1) is 5.92 Å². The van der Waals surface area contributed by atoms with Gasteiger partial charge in [0, 0.05) is 25.8 Å². The van der Waals surface area contributed by atoms with E-state index in [0.717, 1.165) is 30.8 Å². The molecule has 0 aromatic heterocycles. The van der Waals surface area contributed by atoms with Gasteiger partial charge < -0.3 is 14.7 Å². The Bertz CT molecular complexity index is 411. The predicted octanol–water partition coefficient (Wildman–Crippen LogP) is 2.69. The van der Waals surface area contributed by atoms with Crippen LogP contribution in [-0.4, -0.2) is 31.4 Å². The summed E-state index contributed by atoms with van der Waals surface area (Å²) >= 11 is 6.28. The Labute approximate surface area is 113 Å². The quantitative estimate of drug-likeness (QED) is 0.916. The molecule has 3 nitrogen and oxygen atoms in total. The second-order valence-electron chi connectivity index (χ2n) is 4.89. The maximum atomic E-state index is 9.43. The van der Waals surface area contributed by atoms with Gasteiger partial charge >= 0.3 is 0 Å². The van der Waals surface area contributed by atoms with Gasteiger partial charge in [-0.1, -0.05) is 30.7 Å². The van der Waals surface area contributed by atoms with Crippen molar-refractivity contribution in [2.24, 2.45) is 5.92 Å². The Morgan fingerprint density at radius 3 is 2.94 bits per heavy atom. The molecule has 1 aromatic rings. The van der Waals surface area contributed by atoms with E-state index in [1.54, 1.807) is 7.11 Å². The molecule has 2 unspecified atom stereocenters. The van der Waals surface area contributed by atoms with E-state index in [1.165, 1.54) is 0 Å². The molecular formula is C14H20ClNO2. The molecule has 1 saturated heterocycles. The smallest absolute Gasteiger partial charge is 0.0772 e. The second-order valence-corrected chi connectivity index (χ2v) is 5.30. The monoisotopic (exact) mass is 269 g/mol. The Balaban J connectivity index is 2.26. The van der Waals surface area contributed by atoms with Crippen LogP contribution in [-0.2, 0) is 11.3 Å². The van der Waals surface area contributed by atoms with Crippen LogP contribution in [0.15, 0.2) is 18.2 Å². The highest BCUT2D eigenvalue weighted by atomic mass is 35.5. The molecule has 2 atom stereocenters. The fraction of sp³-hybridized carbons (Fsp3) is 0.571. The van der Waals surface area contributed by atoms with Crippen LogP contribution in [0.1, 0.15) is 18.9 Å². The summed E-state index contributed by atoms with van der Waals surface area (Å²) in [4.78, 5) is 2.22. The minimum absolute atomic E-state index is 0.0135. The van der Waals surface area contributed by atoms with Crippen molar-refractivity contribution in [3.63, 3.8) is 0 Å². The summed E-state index contributed by atoms with van der Waals surface area (Å²) in [5, 5.41) is 10.1. The van der Waals surface area contributed by atoms with Crippen molar-refractivity contribution in [1.82, 2.24) is 0 Å². The molecule has 1 heterocycles. The van der Waals surface area contributed by atoms with Gasteiger partial charge in [-0.3, -0.25) is 0 Å². The number of rotatable bonds is 3. The zero-order chi connectivity index (χ0) is 13.1. The van der Waals surface area contributed by atoms with Crippen LogP contribution >= 0.6 is 11.6 Å². The summed E-state index contributed by atoms with van der Waals surface area (Å²) < 4.78 is 5.52. The molecule has 0 aliphatic carbocycles. The third kappa shape index (κ3) is 2.63. The van der Waals surface area contributed by atoms with E-state index in [2.05, 4.69) is 11.8 Å². The van der Waals surface area contributed by atoms with E-state index in [4.69, 9.17) is 16.3 Å². The van der Waals surface area contributed by atoms with Crippen molar-refractivity contribution < 1.29 is 9.84 Å². The molecular weight excluding hydrogens is 250 g/mol. The van der Waals surface area contributed by atoms with Gasteiger partial charge in [0.15, 0.2) is 0 Å². The number of halogens is 1. The summed E-state index contributed by atoms with van der Waals surface area (Å²) in [5.74, 6) is 0.561. The number of aliphatic hydroxyl groups excluding tert-OH is 1. The number of aliphatic hydroxyl groups is 1. The number of hydrogen-bond acceptors (Lipinski definition) is 3. The molecule has 1 aromatic carbocycles. The van der Waals surface area contributed by atoms with Crippen LogP contribution < -0.4 is 4.90 Å². The van der Waals surface area contributed by atoms with Crippen LogP contribution in [0.3, 0.4) is 0 Å². The van der Waals surface area contributed by atoms with Crippen molar-refractivity contribution in [3.8, 4) is 0 Å². The van der Waals surface area contributed by atoms with Gasteiger partial charge in [-0.15, -0.1) is 0 Å². The molecule has 0 amide bonds. The molecule has 2 rings (SSSR count). The Morgan fingerprint density at radius 1 is 1.50 bits per heavy atom. The van der Waals surface area contributed by atoms with Gasteiger partial charge in [0.05, 0.1) is 23.4 Å². The van der Waals surface area contributed by atoms with Crippen LogP contribution in [0.5, 0.6) is 0 Å². The maximum absolute atomic E-state index is 9.43. The largest absolute Gasteiger partial charge is 0.392 e. The zero-order valence-electron chi connectivity index (χ0n) is 10.9. The third-order valence-electron chi connectivity index (χ3n) is 3.75. The summed E-state index contributed by atoms with van der Waals surface area (Å²) in [5.41, 5.74) is 1.84. The molecule has 18 heavy (non-hydrogen) atoms. The highest BCUT2D eigenvalue weighted by Gasteiger charge is 2.28. The lowest BCUT2D eigenvalue weighted by Crippen LogP contribution is -2.44. The van der Waals surface area contributed by atoms with Gasteiger partial charge in [-0.25, -0.2) is 0 Å². The van der Waals surface area contributed by atoms with Gasteiger partial charge in [0.25, 0.3) is 0 Å². The lowest BCUT2D eigenvalue weighted by molar-refractivity contribution is 0.0497. The second kappa shape index (κ2) is 5.91. The fourth-order valence-electron chi connectivity index (χ4n) is 2.59. The number of anilines is 1. The van der Waals surface area contributed by atoms with Gasteiger partial charge in [0.1, 0.15) is 0 Å². The van der Waals surface area contributed by atoms with Gasteiger partial charge in [-0.05, 0) is 18.4 Å². The lowest BCUT2D eigenvalue weighted by atomic mass is 9.95. The van der Waals surface area contributed by atoms with Crippen molar-refractivity contribution in [3.05, 3.63) is 28.8 Å². The van der Waals surface area contributed by atoms with Gasteiger partial charge in [0.2, 0.25) is 0 Å². The van der Waals surface area contributed by atoms with Gasteiger partial charge in [-0.2, -0.15) is 0 Å². The molecule has 0 radical (unpaired) electrons. The summed E-state index contributed by atoms with van der Waals surface area (Å²) in [6, 6.07) is 5.66. The average Bonchev–Trinajstić information content (AvgIpc) is 2.39. The number of piperidine rings is 1. The van der Waals surface area contributed by atoms with E-state index < -0.39 is 0 Å². The molecule has 1 N–H and O–H groups in total. The molecule has 1 aliphatic heterocycles. The van der Waals surface area contributed by atoms with Crippen LogP contribution in [0.2, 0.25) is 5.02 Å². The summed E-state index contributed by atoms with van der Waals surface area (Å²) in [6.07, 6.45) is 1.30. The summed E-state index contributed by atoms with van der Waals surface area (Å²) in [6.45, 7) is 4.01. The first kappa shape index (κ1) is 13.7. The number of benzene rings is 1. The van der Waals surface area contributed by atoms with E-state index in [1.807, 2.05) is 18.2 Å².